The van der Waals surface area contributed by atoms with E-state index in [1.807, 2.05) is 36.4 Å². The third-order valence-corrected chi connectivity index (χ3v) is 4.01. The van der Waals surface area contributed by atoms with Crippen LogP contribution in [0.15, 0.2) is 53.0 Å². The highest BCUT2D eigenvalue weighted by atomic mass is 79.9. The van der Waals surface area contributed by atoms with Crippen LogP contribution in [0, 0.1) is 0 Å². The molecule has 0 radical (unpaired) electrons. The maximum absolute atomic E-state index is 11.8. The van der Waals surface area contributed by atoms with Crippen molar-refractivity contribution < 1.29 is 9.53 Å². The number of carbonyl (C=O) groups is 1. The van der Waals surface area contributed by atoms with Crippen LogP contribution in [0.4, 0.5) is 10.5 Å². The Bertz CT molecular complexity index is 661. The lowest BCUT2D eigenvalue weighted by atomic mass is 9.87. The minimum absolute atomic E-state index is 0.130. The van der Waals surface area contributed by atoms with Gasteiger partial charge in [-0.2, -0.15) is 0 Å². The summed E-state index contributed by atoms with van der Waals surface area (Å²) in [7, 11) is 0. The van der Waals surface area contributed by atoms with Crippen molar-refractivity contribution in [1.82, 2.24) is 5.32 Å². The Balaban J connectivity index is 1.70. The van der Waals surface area contributed by atoms with E-state index in [9.17, 15) is 4.79 Å². The fourth-order valence-electron chi connectivity index (χ4n) is 2.09. The molecule has 2 aromatic carbocycles. The topological polar surface area (TPSA) is 50.4 Å². The van der Waals surface area contributed by atoms with Crippen molar-refractivity contribution in [1.29, 1.82) is 0 Å². The van der Waals surface area contributed by atoms with Crippen LogP contribution >= 0.6 is 15.9 Å². The van der Waals surface area contributed by atoms with E-state index in [0.29, 0.717) is 13.2 Å². The number of hydrogen-bond acceptors (Lipinski definition) is 2. The molecule has 2 rings (SSSR count). The highest BCUT2D eigenvalue weighted by Gasteiger charge is 2.12. The molecule has 2 N–H and O–H groups in total. The van der Waals surface area contributed by atoms with Gasteiger partial charge in [0, 0.05) is 10.2 Å². The summed E-state index contributed by atoms with van der Waals surface area (Å²) in [5.41, 5.74) is 2.14. The second kappa shape index (κ2) is 8.20. The number of amides is 2. The minimum Gasteiger partial charge on any atom is -0.492 e. The zero-order valence-corrected chi connectivity index (χ0v) is 15.8. The van der Waals surface area contributed by atoms with E-state index >= 15 is 0 Å². The SMILES string of the molecule is CC(C)(C)c1ccc(OCCNC(=O)Nc2ccc(Br)cc2)cc1. The lowest BCUT2D eigenvalue weighted by molar-refractivity contribution is 0.247. The van der Waals surface area contributed by atoms with Gasteiger partial charge in [0.25, 0.3) is 0 Å². The molecule has 0 fully saturated rings. The largest absolute Gasteiger partial charge is 0.492 e. The summed E-state index contributed by atoms with van der Waals surface area (Å²) in [4.78, 5) is 11.8. The standard InChI is InChI=1S/C19H23BrN2O2/c1-19(2,3)14-4-10-17(11-5-14)24-13-12-21-18(23)22-16-8-6-15(20)7-9-16/h4-11H,12-13H2,1-3H3,(H2,21,22,23). The molecule has 5 heteroatoms. The molecule has 2 aromatic rings. The molecule has 0 aliphatic rings. The van der Waals surface area contributed by atoms with Crippen LogP contribution in [0.25, 0.3) is 0 Å². The summed E-state index contributed by atoms with van der Waals surface area (Å²) < 4.78 is 6.61. The zero-order valence-electron chi connectivity index (χ0n) is 14.2. The lowest BCUT2D eigenvalue weighted by Gasteiger charge is -2.19. The van der Waals surface area contributed by atoms with Gasteiger partial charge in [-0.1, -0.05) is 48.8 Å². The van der Waals surface area contributed by atoms with E-state index in [0.717, 1.165) is 15.9 Å². The van der Waals surface area contributed by atoms with Crippen molar-refractivity contribution in [3.63, 3.8) is 0 Å². The van der Waals surface area contributed by atoms with Gasteiger partial charge in [0.2, 0.25) is 0 Å². The Kier molecular flexibility index (Phi) is 6.26. The smallest absolute Gasteiger partial charge is 0.319 e. The predicted molar refractivity (Wildman–Crippen MR) is 102 cm³/mol. The van der Waals surface area contributed by atoms with Crippen LogP contribution in [-0.2, 0) is 5.41 Å². The Morgan fingerprint density at radius 3 is 2.25 bits per heavy atom. The van der Waals surface area contributed by atoms with Gasteiger partial charge in [0.15, 0.2) is 0 Å². The molecule has 4 nitrogen and oxygen atoms in total. The summed E-state index contributed by atoms with van der Waals surface area (Å²) in [5, 5.41) is 5.53. The van der Waals surface area contributed by atoms with Gasteiger partial charge in [0.05, 0.1) is 6.54 Å². The van der Waals surface area contributed by atoms with Crippen molar-refractivity contribution in [2.75, 3.05) is 18.5 Å². The first-order valence-corrected chi connectivity index (χ1v) is 8.68. The molecule has 0 aliphatic heterocycles. The van der Waals surface area contributed by atoms with Gasteiger partial charge in [0.1, 0.15) is 12.4 Å². The Morgan fingerprint density at radius 1 is 1.04 bits per heavy atom. The number of nitrogens with one attached hydrogen (secondary N) is 2. The van der Waals surface area contributed by atoms with E-state index in [-0.39, 0.29) is 11.4 Å². The molecule has 2 amide bonds. The lowest BCUT2D eigenvalue weighted by Crippen LogP contribution is -2.32. The van der Waals surface area contributed by atoms with E-state index in [2.05, 4.69) is 59.5 Å². The molecule has 0 bridgehead atoms. The number of halogens is 1. The summed E-state index contributed by atoms with van der Waals surface area (Å²) in [5.74, 6) is 0.804. The van der Waals surface area contributed by atoms with E-state index < -0.39 is 0 Å². The molecule has 0 heterocycles. The van der Waals surface area contributed by atoms with Gasteiger partial charge < -0.3 is 15.4 Å². The van der Waals surface area contributed by atoms with Crippen LogP contribution in [0.2, 0.25) is 0 Å². The maximum atomic E-state index is 11.8. The Morgan fingerprint density at radius 2 is 1.67 bits per heavy atom. The zero-order chi connectivity index (χ0) is 17.6. The maximum Gasteiger partial charge on any atom is 0.319 e. The first kappa shape index (κ1) is 18.3. The number of urea groups is 1. The van der Waals surface area contributed by atoms with Crippen LogP contribution in [-0.4, -0.2) is 19.2 Å². The van der Waals surface area contributed by atoms with Crippen molar-refractivity contribution >= 4 is 27.6 Å². The van der Waals surface area contributed by atoms with E-state index in [1.54, 1.807) is 0 Å². The fourth-order valence-corrected chi connectivity index (χ4v) is 2.36. The average molecular weight is 391 g/mol. The van der Waals surface area contributed by atoms with Gasteiger partial charge in [-0.05, 0) is 47.4 Å². The molecule has 0 saturated heterocycles. The average Bonchev–Trinajstić information content (AvgIpc) is 2.53. The molecule has 0 aromatic heterocycles. The first-order chi connectivity index (χ1) is 11.3. The van der Waals surface area contributed by atoms with Crippen LogP contribution in [0.3, 0.4) is 0 Å². The van der Waals surface area contributed by atoms with Crippen LogP contribution in [0.1, 0.15) is 26.3 Å². The number of ether oxygens (including phenoxy) is 1. The highest BCUT2D eigenvalue weighted by Crippen LogP contribution is 2.24. The third kappa shape index (κ3) is 5.89. The molecular formula is C19H23BrN2O2. The number of hydrogen-bond donors (Lipinski definition) is 2. The van der Waals surface area contributed by atoms with Gasteiger partial charge in [-0.3, -0.25) is 0 Å². The normalized spacial score (nSPS) is 11.0. The van der Waals surface area contributed by atoms with E-state index in [4.69, 9.17) is 4.74 Å². The van der Waals surface area contributed by atoms with E-state index in [1.165, 1.54) is 5.56 Å². The second-order valence-corrected chi connectivity index (χ2v) is 7.43. The first-order valence-electron chi connectivity index (χ1n) is 7.88. The fraction of sp³-hybridized carbons (Fsp3) is 0.316. The number of carbonyl (C=O) groups excluding carboxylic acids is 1. The van der Waals surface area contributed by atoms with Gasteiger partial charge in [-0.15, -0.1) is 0 Å². The monoisotopic (exact) mass is 390 g/mol. The third-order valence-electron chi connectivity index (χ3n) is 3.48. The molecule has 0 atom stereocenters. The quantitative estimate of drug-likeness (QED) is 0.709. The molecule has 0 aliphatic carbocycles. The molecule has 24 heavy (non-hydrogen) atoms. The van der Waals surface area contributed by atoms with Crippen molar-refractivity contribution in [3.05, 3.63) is 58.6 Å². The number of anilines is 1. The molecule has 128 valence electrons. The number of rotatable bonds is 5. The van der Waals surface area contributed by atoms with Crippen molar-refractivity contribution in [2.24, 2.45) is 0 Å². The predicted octanol–water partition coefficient (Wildman–Crippen LogP) is 4.95. The van der Waals surface area contributed by atoms with Crippen LogP contribution in [0.5, 0.6) is 5.75 Å². The Labute approximate surface area is 151 Å². The molecular weight excluding hydrogens is 368 g/mol. The van der Waals surface area contributed by atoms with Gasteiger partial charge >= 0.3 is 6.03 Å². The number of benzene rings is 2. The minimum atomic E-state index is -0.246. The van der Waals surface area contributed by atoms with Crippen molar-refractivity contribution in [2.45, 2.75) is 26.2 Å². The van der Waals surface area contributed by atoms with Crippen LogP contribution < -0.4 is 15.4 Å². The molecule has 0 spiro atoms. The molecule has 0 saturated carbocycles. The van der Waals surface area contributed by atoms with Gasteiger partial charge in [-0.25, -0.2) is 4.79 Å². The summed E-state index contributed by atoms with van der Waals surface area (Å²) in [6, 6.07) is 15.2. The summed E-state index contributed by atoms with van der Waals surface area (Å²) in [6.07, 6.45) is 0. The molecule has 0 unspecified atom stereocenters. The van der Waals surface area contributed by atoms with Crippen molar-refractivity contribution in [3.8, 4) is 5.75 Å². The summed E-state index contributed by atoms with van der Waals surface area (Å²) in [6.45, 7) is 7.39. The summed E-state index contributed by atoms with van der Waals surface area (Å²) >= 11 is 3.36. The highest BCUT2D eigenvalue weighted by molar-refractivity contribution is 9.10. The second-order valence-electron chi connectivity index (χ2n) is 6.51. The Hall–Kier alpha value is -2.01.